The lowest BCUT2D eigenvalue weighted by Gasteiger charge is -2.18. The Morgan fingerprint density at radius 1 is 1.44 bits per heavy atom. The van der Waals surface area contributed by atoms with Crippen molar-refractivity contribution in [3.63, 3.8) is 0 Å². The van der Waals surface area contributed by atoms with Crippen molar-refractivity contribution in [2.75, 3.05) is 5.33 Å². The Labute approximate surface area is 102 Å². The van der Waals surface area contributed by atoms with Crippen LogP contribution in [-0.4, -0.2) is 32.7 Å². The van der Waals surface area contributed by atoms with Gasteiger partial charge in [0.1, 0.15) is 6.10 Å². The second kappa shape index (κ2) is 5.43. The first-order valence-electron chi connectivity index (χ1n) is 4.74. The van der Waals surface area contributed by atoms with E-state index in [1.165, 1.54) is 6.07 Å². The van der Waals surface area contributed by atoms with Crippen molar-refractivity contribution in [2.24, 2.45) is 0 Å². The molecule has 16 heavy (non-hydrogen) atoms. The van der Waals surface area contributed by atoms with Crippen LogP contribution in [0.5, 0.6) is 0 Å². The van der Waals surface area contributed by atoms with Crippen molar-refractivity contribution >= 4 is 21.9 Å². The van der Waals surface area contributed by atoms with Gasteiger partial charge in [-0.1, -0.05) is 34.1 Å². The highest BCUT2D eigenvalue weighted by atomic mass is 79.9. The summed E-state index contributed by atoms with van der Waals surface area (Å²) in [6.07, 6.45) is -2.23. The molecule has 2 unspecified atom stereocenters. The number of hydrogen-bond donors (Lipinski definition) is 3. The molecule has 4 nitrogen and oxygen atoms in total. The number of alkyl halides is 1. The maximum Gasteiger partial charge on any atom is 0.336 e. The van der Waals surface area contributed by atoms with Crippen LogP contribution >= 0.6 is 15.9 Å². The van der Waals surface area contributed by atoms with Crippen molar-refractivity contribution in [1.29, 1.82) is 0 Å². The Bertz CT molecular complexity index is 392. The molecule has 0 saturated heterocycles. The van der Waals surface area contributed by atoms with Crippen molar-refractivity contribution < 1.29 is 20.1 Å². The molecule has 88 valence electrons. The molecule has 2 atom stereocenters. The second-order valence-electron chi connectivity index (χ2n) is 3.51. The van der Waals surface area contributed by atoms with Gasteiger partial charge in [0.15, 0.2) is 0 Å². The van der Waals surface area contributed by atoms with Crippen molar-refractivity contribution in [1.82, 2.24) is 0 Å². The normalized spacial score (nSPS) is 14.5. The van der Waals surface area contributed by atoms with E-state index >= 15 is 0 Å². The van der Waals surface area contributed by atoms with Crippen LogP contribution in [0.15, 0.2) is 18.2 Å². The number of halogens is 1. The monoisotopic (exact) mass is 288 g/mol. The van der Waals surface area contributed by atoms with Crippen LogP contribution in [0.3, 0.4) is 0 Å². The first kappa shape index (κ1) is 13.2. The SMILES string of the molecule is Cc1cccc(C(O)C(O)CBr)c1C(=O)O. The molecule has 0 spiro atoms. The highest BCUT2D eigenvalue weighted by Gasteiger charge is 2.23. The second-order valence-corrected chi connectivity index (χ2v) is 4.16. The summed E-state index contributed by atoms with van der Waals surface area (Å²) in [4.78, 5) is 11.1. The van der Waals surface area contributed by atoms with Crippen molar-refractivity contribution in [2.45, 2.75) is 19.1 Å². The summed E-state index contributed by atoms with van der Waals surface area (Å²) in [5.41, 5.74) is 0.847. The minimum atomic E-state index is -1.20. The summed E-state index contributed by atoms with van der Waals surface area (Å²) in [6.45, 7) is 1.65. The third-order valence-electron chi connectivity index (χ3n) is 2.36. The van der Waals surface area contributed by atoms with E-state index in [1.807, 2.05) is 0 Å². The predicted octanol–water partition coefficient (Wildman–Crippen LogP) is 1.48. The molecule has 0 aliphatic heterocycles. The van der Waals surface area contributed by atoms with Gasteiger partial charge in [0.25, 0.3) is 0 Å². The molecule has 1 aromatic carbocycles. The van der Waals surface area contributed by atoms with Crippen LogP contribution in [0.4, 0.5) is 0 Å². The zero-order valence-corrected chi connectivity index (χ0v) is 10.3. The highest BCUT2D eigenvalue weighted by Crippen LogP contribution is 2.24. The average molecular weight is 289 g/mol. The number of benzene rings is 1. The Morgan fingerprint density at radius 3 is 2.56 bits per heavy atom. The first-order valence-corrected chi connectivity index (χ1v) is 5.86. The molecule has 1 rings (SSSR count). The number of carbonyl (C=O) groups is 1. The number of aliphatic hydroxyl groups excluding tert-OH is 2. The van der Waals surface area contributed by atoms with E-state index in [0.29, 0.717) is 5.56 Å². The van der Waals surface area contributed by atoms with Crippen LogP contribution in [0, 0.1) is 6.92 Å². The fraction of sp³-hybridized carbons (Fsp3) is 0.364. The number of carboxylic acid groups (broad SMARTS) is 1. The first-order chi connectivity index (χ1) is 7.49. The largest absolute Gasteiger partial charge is 0.478 e. The standard InChI is InChI=1S/C11H13BrO4/c1-6-3-2-4-7(9(6)11(15)16)10(14)8(13)5-12/h2-4,8,10,13-14H,5H2,1H3,(H,15,16). The summed E-state index contributed by atoms with van der Waals surface area (Å²) in [7, 11) is 0. The summed E-state index contributed by atoms with van der Waals surface area (Å²) in [6, 6.07) is 4.81. The van der Waals surface area contributed by atoms with E-state index in [-0.39, 0.29) is 16.5 Å². The highest BCUT2D eigenvalue weighted by molar-refractivity contribution is 9.09. The quantitative estimate of drug-likeness (QED) is 0.734. The third-order valence-corrected chi connectivity index (χ3v) is 3.02. The van der Waals surface area contributed by atoms with E-state index in [9.17, 15) is 15.0 Å². The molecule has 0 heterocycles. The van der Waals surface area contributed by atoms with Crippen LogP contribution in [0.2, 0.25) is 0 Å². The van der Waals surface area contributed by atoms with Crippen LogP contribution < -0.4 is 0 Å². The lowest BCUT2D eigenvalue weighted by Crippen LogP contribution is -2.22. The Hall–Kier alpha value is -0.910. The van der Waals surface area contributed by atoms with Crippen LogP contribution in [0.1, 0.15) is 27.6 Å². The molecule has 0 aliphatic rings. The lowest BCUT2D eigenvalue weighted by atomic mass is 9.96. The minimum Gasteiger partial charge on any atom is -0.478 e. The molecule has 0 aliphatic carbocycles. The van der Waals surface area contributed by atoms with Gasteiger partial charge in [-0.05, 0) is 18.1 Å². The van der Waals surface area contributed by atoms with E-state index in [1.54, 1.807) is 19.1 Å². The summed E-state index contributed by atoms with van der Waals surface area (Å²) < 4.78 is 0. The number of aliphatic hydroxyl groups is 2. The molecule has 0 radical (unpaired) electrons. The summed E-state index contributed by atoms with van der Waals surface area (Å²) >= 11 is 3.04. The van der Waals surface area contributed by atoms with Crippen LogP contribution in [-0.2, 0) is 0 Å². The number of rotatable bonds is 4. The zero-order valence-electron chi connectivity index (χ0n) is 8.72. The maximum atomic E-state index is 11.1. The van der Waals surface area contributed by atoms with E-state index < -0.39 is 18.2 Å². The topological polar surface area (TPSA) is 77.8 Å². The smallest absolute Gasteiger partial charge is 0.336 e. The number of hydrogen-bond acceptors (Lipinski definition) is 3. The summed E-state index contributed by atoms with van der Waals surface area (Å²) in [5, 5.41) is 28.5. The van der Waals surface area contributed by atoms with Crippen LogP contribution in [0.25, 0.3) is 0 Å². The number of carboxylic acids is 1. The van der Waals surface area contributed by atoms with E-state index in [0.717, 1.165) is 0 Å². The number of aromatic carboxylic acids is 1. The van der Waals surface area contributed by atoms with Gasteiger partial charge in [0.2, 0.25) is 0 Å². The van der Waals surface area contributed by atoms with Gasteiger partial charge in [-0.2, -0.15) is 0 Å². The molecule has 3 N–H and O–H groups in total. The Kier molecular flexibility index (Phi) is 4.46. The van der Waals surface area contributed by atoms with Gasteiger partial charge >= 0.3 is 5.97 Å². The molecule has 0 saturated carbocycles. The molecule has 0 amide bonds. The van der Waals surface area contributed by atoms with Crippen molar-refractivity contribution in [3.8, 4) is 0 Å². The molecular weight excluding hydrogens is 276 g/mol. The fourth-order valence-corrected chi connectivity index (χ4v) is 1.87. The lowest BCUT2D eigenvalue weighted by molar-refractivity contribution is 0.0327. The molecule has 0 aromatic heterocycles. The van der Waals surface area contributed by atoms with Crippen molar-refractivity contribution in [3.05, 3.63) is 34.9 Å². The van der Waals surface area contributed by atoms with Gasteiger partial charge in [0, 0.05) is 5.33 Å². The minimum absolute atomic E-state index is 0.0509. The molecule has 1 aromatic rings. The molecular formula is C11H13BrO4. The van der Waals surface area contributed by atoms with Gasteiger partial charge in [0.05, 0.1) is 11.7 Å². The molecule has 0 fully saturated rings. The fourth-order valence-electron chi connectivity index (χ4n) is 1.52. The summed E-state index contributed by atoms with van der Waals surface area (Å²) in [5.74, 6) is -1.10. The Morgan fingerprint density at radius 2 is 2.06 bits per heavy atom. The van der Waals surface area contributed by atoms with E-state index in [2.05, 4.69) is 15.9 Å². The molecule has 5 heteroatoms. The van der Waals surface area contributed by atoms with Gasteiger partial charge < -0.3 is 15.3 Å². The van der Waals surface area contributed by atoms with Gasteiger partial charge in [-0.25, -0.2) is 4.79 Å². The number of aryl methyl sites for hydroxylation is 1. The average Bonchev–Trinajstić information content (AvgIpc) is 2.26. The van der Waals surface area contributed by atoms with Gasteiger partial charge in [-0.15, -0.1) is 0 Å². The molecule has 0 bridgehead atoms. The zero-order chi connectivity index (χ0) is 12.3. The maximum absolute atomic E-state index is 11.1. The Balaban J connectivity index is 3.22. The van der Waals surface area contributed by atoms with Gasteiger partial charge in [-0.3, -0.25) is 0 Å². The van der Waals surface area contributed by atoms with E-state index in [4.69, 9.17) is 5.11 Å². The third kappa shape index (κ3) is 2.61. The predicted molar refractivity (Wildman–Crippen MR) is 62.9 cm³/mol.